The van der Waals surface area contributed by atoms with Gasteiger partial charge in [-0.05, 0) is 47.2 Å². The third-order valence-corrected chi connectivity index (χ3v) is 4.39. The van der Waals surface area contributed by atoms with Gasteiger partial charge in [-0.2, -0.15) is 0 Å². The van der Waals surface area contributed by atoms with Gasteiger partial charge in [-0.1, -0.05) is 0 Å². The van der Waals surface area contributed by atoms with Crippen LogP contribution in [0.2, 0.25) is 0 Å². The van der Waals surface area contributed by atoms with Crippen molar-refractivity contribution >= 4 is 22.9 Å². The lowest BCUT2D eigenvalue weighted by Gasteiger charge is -2.22. The molecule has 9 heteroatoms. The molecular formula is C13H13N7OS. The second kappa shape index (κ2) is 5.93. The summed E-state index contributed by atoms with van der Waals surface area (Å²) in [6, 6.07) is 4.09. The minimum atomic E-state index is 0.284. The van der Waals surface area contributed by atoms with Crippen molar-refractivity contribution in [3.8, 4) is 0 Å². The molecule has 22 heavy (non-hydrogen) atoms. The number of nitrogens with zero attached hydrogens (tertiary/aromatic N) is 7. The minimum Gasteiger partial charge on any atom is -0.381 e. The molecule has 0 saturated carbocycles. The van der Waals surface area contributed by atoms with E-state index in [1.54, 1.807) is 12.4 Å². The number of aromatic nitrogens is 7. The first kappa shape index (κ1) is 13.5. The maximum absolute atomic E-state index is 5.39. The van der Waals surface area contributed by atoms with Crippen LogP contribution in [0.1, 0.15) is 18.9 Å². The summed E-state index contributed by atoms with van der Waals surface area (Å²) in [5.74, 6) is 0. The molecular weight excluding hydrogens is 302 g/mol. The van der Waals surface area contributed by atoms with E-state index in [0.717, 1.165) is 41.8 Å². The number of hydrogen-bond acceptors (Lipinski definition) is 8. The average molecular weight is 315 g/mol. The van der Waals surface area contributed by atoms with E-state index in [1.807, 2.05) is 16.8 Å². The summed E-state index contributed by atoms with van der Waals surface area (Å²) >= 11 is 1.44. The van der Waals surface area contributed by atoms with Crippen molar-refractivity contribution in [2.24, 2.45) is 0 Å². The molecule has 4 rings (SSSR count). The number of hydrogen-bond donors (Lipinski definition) is 0. The smallest absolute Gasteiger partial charge is 0.215 e. The summed E-state index contributed by atoms with van der Waals surface area (Å²) in [7, 11) is 0. The van der Waals surface area contributed by atoms with E-state index in [2.05, 4.69) is 30.5 Å². The van der Waals surface area contributed by atoms with Crippen molar-refractivity contribution in [1.29, 1.82) is 0 Å². The van der Waals surface area contributed by atoms with Crippen LogP contribution < -0.4 is 0 Å². The second-order valence-electron chi connectivity index (χ2n) is 4.90. The molecule has 0 aliphatic carbocycles. The van der Waals surface area contributed by atoms with Crippen molar-refractivity contribution < 1.29 is 4.74 Å². The van der Waals surface area contributed by atoms with Crippen molar-refractivity contribution in [2.75, 3.05) is 13.2 Å². The molecule has 0 atom stereocenters. The molecule has 0 bridgehead atoms. The minimum absolute atomic E-state index is 0.284. The van der Waals surface area contributed by atoms with Gasteiger partial charge < -0.3 is 4.74 Å². The zero-order chi connectivity index (χ0) is 14.8. The molecule has 1 aliphatic heterocycles. The molecule has 4 heterocycles. The summed E-state index contributed by atoms with van der Waals surface area (Å²) in [6.45, 7) is 1.50. The Balaban J connectivity index is 1.61. The van der Waals surface area contributed by atoms with Crippen LogP contribution in [0.3, 0.4) is 0 Å². The summed E-state index contributed by atoms with van der Waals surface area (Å²) in [5, 5.41) is 13.6. The van der Waals surface area contributed by atoms with E-state index in [1.165, 1.54) is 11.8 Å². The third kappa shape index (κ3) is 2.64. The Morgan fingerprint density at radius 3 is 2.91 bits per heavy atom. The van der Waals surface area contributed by atoms with E-state index >= 15 is 0 Å². The van der Waals surface area contributed by atoms with Crippen molar-refractivity contribution in [2.45, 2.75) is 29.1 Å². The van der Waals surface area contributed by atoms with Gasteiger partial charge in [0.15, 0.2) is 5.65 Å². The van der Waals surface area contributed by atoms with Gasteiger partial charge in [0.25, 0.3) is 0 Å². The van der Waals surface area contributed by atoms with E-state index < -0.39 is 0 Å². The maximum Gasteiger partial charge on any atom is 0.215 e. The molecule has 0 amide bonds. The fraction of sp³-hybridized carbons (Fsp3) is 0.385. The van der Waals surface area contributed by atoms with Gasteiger partial charge in [0.2, 0.25) is 5.16 Å². The molecule has 0 N–H and O–H groups in total. The monoisotopic (exact) mass is 315 g/mol. The third-order valence-electron chi connectivity index (χ3n) is 3.50. The first-order chi connectivity index (χ1) is 10.9. The summed E-state index contributed by atoms with van der Waals surface area (Å²) in [4.78, 5) is 12.9. The first-order valence-corrected chi connectivity index (χ1v) is 7.83. The SMILES string of the molecule is c1cnc2nc(Sc3nnnn3C3CCOCC3)ccc2n1. The Morgan fingerprint density at radius 1 is 1.14 bits per heavy atom. The quantitative estimate of drug-likeness (QED) is 0.718. The first-order valence-electron chi connectivity index (χ1n) is 7.01. The van der Waals surface area contributed by atoms with Crippen molar-refractivity contribution in [3.05, 3.63) is 24.5 Å². The molecule has 112 valence electrons. The van der Waals surface area contributed by atoms with E-state index in [-0.39, 0.29) is 6.04 Å². The molecule has 8 nitrogen and oxygen atoms in total. The van der Waals surface area contributed by atoms with Gasteiger partial charge in [-0.25, -0.2) is 14.6 Å². The Kier molecular flexibility index (Phi) is 3.65. The average Bonchev–Trinajstić information content (AvgIpc) is 3.04. The van der Waals surface area contributed by atoms with Crippen LogP contribution in [-0.2, 0) is 4.74 Å². The predicted octanol–water partition coefficient (Wildman–Crippen LogP) is 1.51. The molecule has 1 fully saturated rings. The number of tetrazole rings is 1. The lowest BCUT2D eigenvalue weighted by Crippen LogP contribution is -2.21. The van der Waals surface area contributed by atoms with E-state index in [4.69, 9.17) is 4.74 Å². The molecule has 1 aliphatic rings. The lowest BCUT2D eigenvalue weighted by molar-refractivity contribution is 0.0631. The molecule has 0 spiro atoms. The molecule has 3 aromatic rings. The second-order valence-corrected chi connectivity index (χ2v) is 5.89. The predicted molar refractivity (Wildman–Crippen MR) is 78.4 cm³/mol. The summed E-state index contributed by atoms with van der Waals surface area (Å²) in [5.41, 5.74) is 1.40. The van der Waals surface area contributed by atoms with Crippen LogP contribution >= 0.6 is 11.8 Å². The number of pyridine rings is 1. The van der Waals surface area contributed by atoms with E-state index in [0.29, 0.717) is 5.65 Å². The summed E-state index contributed by atoms with van der Waals surface area (Å²) < 4.78 is 7.26. The van der Waals surface area contributed by atoms with Crippen LogP contribution in [0, 0.1) is 0 Å². The van der Waals surface area contributed by atoms with Gasteiger partial charge in [0, 0.05) is 25.6 Å². The summed E-state index contributed by atoms with van der Waals surface area (Å²) in [6.07, 6.45) is 5.14. The highest BCUT2D eigenvalue weighted by atomic mass is 32.2. The van der Waals surface area contributed by atoms with Crippen LogP contribution in [0.4, 0.5) is 0 Å². The molecule has 0 radical (unpaired) electrons. The molecule has 0 unspecified atom stereocenters. The van der Waals surface area contributed by atoms with Crippen LogP contribution in [-0.4, -0.2) is 48.4 Å². The molecule has 0 aromatic carbocycles. The van der Waals surface area contributed by atoms with E-state index in [9.17, 15) is 0 Å². The molecule has 1 saturated heterocycles. The fourth-order valence-corrected chi connectivity index (χ4v) is 3.21. The van der Waals surface area contributed by atoms with Crippen LogP contribution in [0.25, 0.3) is 11.2 Å². The van der Waals surface area contributed by atoms with Crippen molar-refractivity contribution in [1.82, 2.24) is 35.2 Å². The Labute approximate surface area is 130 Å². The van der Waals surface area contributed by atoms with Gasteiger partial charge in [0.05, 0.1) is 6.04 Å². The zero-order valence-electron chi connectivity index (χ0n) is 11.7. The van der Waals surface area contributed by atoms with Gasteiger partial charge in [0.1, 0.15) is 10.5 Å². The number of fused-ring (bicyclic) bond motifs is 1. The van der Waals surface area contributed by atoms with Crippen molar-refractivity contribution in [3.63, 3.8) is 0 Å². The van der Waals surface area contributed by atoms with Crippen LogP contribution in [0.15, 0.2) is 34.7 Å². The Morgan fingerprint density at radius 2 is 2.00 bits per heavy atom. The fourth-order valence-electron chi connectivity index (χ4n) is 2.40. The highest BCUT2D eigenvalue weighted by molar-refractivity contribution is 7.99. The van der Waals surface area contributed by atoms with Crippen LogP contribution in [0.5, 0.6) is 0 Å². The molecule has 3 aromatic heterocycles. The van der Waals surface area contributed by atoms with Gasteiger partial charge in [-0.3, -0.25) is 4.98 Å². The maximum atomic E-state index is 5.39. The number of rotatable bonds is 3. The standard InChI is InChI=1S/C13H13N7OS/c1-2-11(16-12-10(1)14-5-6-15-12)22-13-17-18-19-20(13)9-3-7-21-8-4-9/h1-2,5-6,9H,3-4,7-8H2. The van der Waals surface area contributed by atoms with Gasteiger partial charge >= 0.3 is 0 Å². The highest BCUT2D eigenvalue weighted by Gasteiger charge is 2.21. The number of ether oxygens (including phenoxy) is 1. The highest BCUT2D eigenvalue weighted by Crippen LogP contribution is 2.29. The normalized spacial score (nSPS) is 16.2. The lowest BCUT2D eigenvalue weighted by atomic mass is 10.1. The Bertz CT molecular complexity index is 787. The van der Waals surface area contributed by atoms with Gasteiger partial charge in [-0.15, -0.1) is 5.10 Å². The topological polar surface area (TPSA) is 91.5 Å². The largest absolute Gasteiger partial charge is 0.381 e. The Hall–Kier alpha value is -2.13. The zero-order valence-corrected chi connectivity index (χ0v) is 12.5.